The van der Waals surface area contributed by atoms with E-state index in [-0.39, 0.29) is 23.9 Å². The topological polar surface area (TPSA) is 76.7 Å². The van der Waals surface area contributed by atoms with Gasteiger partial charge in [-0.3, -0.25) is 9.59 Å². The molecule has 0 radical (unpaired) electrons. The van der Waals surface area contributed by atoms with Crippen LogP contribution in [0.25, 0.3) is 0 Å². The fraction of sp³-hybridized carbons (Fsp3) is 0.333. The van der Waals surface area contributed by atoms with Gasteiger partial charge in [0.25, 0.3) is 5.91 Å². The number of carbonyl (C=O) groups is 2. The second-order valence-electron chi connectivity index (χ2n) is 9.93. The summed E-state index contributed by atoms with van der Waals surface area (Å²) in [4.78, 5) is 27.3. The van der Waals surface area contributed by atoms with Crippen LogP contribution in [0.5, 0.6) is 11.5 Å². The smallest absolute Gasteiger partial charge is 0.254 e. The van der Waals surface area contributed by atoms with Crippen LogP contribution in [0.3, 0.4) is 0 Å². The summed E-state index contributed by atoms with van der Waals surface area (Å²) < 4.78 is 11.9. The van der Waals surface area contributed by atoms with Crippen molar-refractivity contribution in [2.45, 2.75) is 46.5 Å². The lowest BCUT2D eigenvalue weighted by molar-refractivity contribution is -0.118. The Morgan fingerprint density at radius 3 is 2.56 bits per heavy atom. The number of Topliss-reactive ketones (excluding diaryl/α,β-unsaturated/α-hetero) is 1. The summed E-state index contributed by atoms with van der Waals surface area (Å²) >= 11 is 3.68. The first-order chi connectivity index (χ1) is 16.1. The molecule has 34 heavy (non-hydrogen) atoms. The average molecular weight is 523 g/mol. The van der Waals surface area contributed by atoms with Crippen molar-refractivity contribution in [3.63, 3.8) is 0 Å². The highest BCUT2D eigenvalue weighted by Gasteiger charge is 2.43. The molecule has 2 heterocycles. The molecule has 6 nitrogen and oxygen atoms in total. The molecule has 2 aliphatic heterocycles. The number of benzene rings is 2. The van der Waals surface area contributed by atoms with Gasteiger partial charge in [-0.2, -0.15) is 0 Å². The Morgan fingerprint density at radius 1 is 1.12 bits per heavy atom. The molecule has 0 bridgehead atoms. The molecule has 7 heteroatoms. The van der Waals surface area contributed by atoms with E-state index in [2.05, 4.69) is 40.4 Å². The molecular formula is C27H27BrN2O4. The number of aryl methyl sites for hydroxylation is 1. The maximum Gasteiger partial charge on any atom is 0.254 e. The predicted molar refractivity (Wildman–Crippen MR) is 134 cm³/mol. The van der Waals surface area contributed by atoms with Gasteiger partial charge >= 0.3 is 0 Å². The van der Waals surface area contributed by atoms with E-state index >= 15 is 0 Å². The Labute approximate surface area is 207 Å². The van der Waals surface area contributed by atoms with Crippen LogP contribution in [0.4, 0.5) is 5.69 Å². The zero-order valence-electron chi connectivity index (χ0n) is 19.7. The summed E-state index contributed by atoms with van der Waals surface area (Å²) in [5.74, 6) is 0.535. The Kier molecular flexibility index (Phi) is 5.55. The number of fused-ring (bicyclic) bond motifs is 1. The second-order valence-corrected chi connectivity index (χ2v) is 10.8. The van der Waals surface area contributed by atoms with Crippen molar-refractivity contribution in [3.05, 3.63) is 74.5 Å². The Hall–Kier alpha value is -3.06. The normalized spacial score (nSPS) is 20.7. The van der Waals surface area contributed by atoms with Crippen molar-refractivity contribution in [1.29, 1.82) is 0 Å². The van der Waals surface area contributed by atoms with E-state index in [4.69, 9.17) is 9.47 Å². The van der Waals surface area contributed by atoms with Crippen LogP contribution in [0.15, 0.2) is 63.4 Å². The van der Waals surface area contributed by atoms with Gasteiger partial charge in [-0.05, 0) is 55.0 Å². The van der Waals surface area contributed by atoms with E-state index in [1.54, 1.807) is 0 Å². The zero-order chi connectivity index (χ0) is 24.2. The summed E-state index contributed by atoms with van der Waals surface area (Å²) in [7, 11) is 0. The molecule has 176 valence electrons. The van der Waals surface area contributed by atoms with Crippen molar-refractivity contribution < 1.29 is 19.1 Å². The molecule has 0 aromatic heterocycles. The molecule has 1 amide bonds. The SMILES string of the molecule is CC1=C(C(=O)Nc2ccccc2C)[C@H](c2cc3c(cc2Br)OCO3)C2=C(CC(C)(C)CC2=O)N1. The van der Waals surface area contributed by atoms with Crippen LogP contribution < -0.4 is 20.1 Å². The number of rotatable bonds is 3. The lowest BCUT2D eigenvalue weighted by atomic mass is 9.68. The molecule has 2 aromatic carbocycles. The predicted octanol–water partition coefficient (Wildman–Crippen LogP) is 5.73. The number of dihydropyridines is 1. The lowest BCUT2D eigenvalue weighted by Crippen LogP contribution is -2.39. The second kappa shape index (κ2) is 8.31. The molecule has 0 unspecified atom stereocenters. The van der Waals surface area contributed by atoms with Crippen LogP contribution in [0.1, 0.15) is 50.7 Å². The fourth-order valence-corrected chi connectivity index (χ4v) is 5.66. The maximum atomic E-state index is 13.8. The van der Waals surface area contributed by atoms with Gasteiger partial charge in [-0.1, -0.05) is 48.0 Å². The molecule has 5 rings (SSSR count). The monoisotopic (exact) mass is 522 g/mol. The van der Waals surface area contributed by atoms with Gasteiger partial charge in [0.2, 0.25) is 6.79 Å². The van der Waals surface area contributed by atoms with Gasteiger partial charge in [-0.25, -0.2) is 0 Å². The lowest BCUT2D eigenvalue weighted by Gasteiger charge is -2.40. The molecule has 1 atom stereocenters. The largest absolute Gasteiger partial charge is 0.454 e. The summed E-state index contributed by atoms with van der Waals surface area (Å²) in [6, 6.07) is 11.4. The highest BCUT2D eigenvalue weighted by Crippen LogP contribution is 2.50. The minimum Gasteiger partial charge on any atom is -0.454 e. The van der Waals surface area contributed by atoms with Gasteiger partial charge < -0.3 is 20.1 Å². The number of ketones is 1. The Balaban J connectivity index is 1.65. The summed E-state index contributed by atoms with van der Waals surface area (Å²) in [6.07, 6.45) is 1.16. The van der Waals surface area contributed by atoms with Gasteiger partial charge in [0.05, 0.1) is 0 Å². The molecule has 0 saturated heterocycles. The first-order valence-electron chi connectivity index (χ1n) is 11.3. The number of amides is 1. The number of carbonyl (C=O) groups excluding carboxylic acids is 2. The molecule has 0 spiro atoms. The molecule has 0 fully saturated rings. The van der Waals surface area contributed by atoms with Gasteiger partial charge in [0, 0.05) is 45.0 Å². The number of halogens is 1. The van der Waals surface area contributed by atoms with Crippen molar-refractivity contribution in [1.82, 2.24) is 5.32 Å². The van der Waals surface area contributed by atoms with Gasteiger partial charge in [0.1, 0.15) is 0 Å². The van der Waals surface area contributed by atoms with Crippen LogP contribution in [0, 0.1) is 12.3 Å². The van der Waals surface area contributed by atoms with E-state index < -0.39 is 5.92 Å². The third-order valence-corrected chi connectivity index (χ3v) is 7.37. The van der Waals surface area contributed by atoms with E-state index in [1.807, 2.05) is 50.2 Å². The molecule has 2 N–H and O–H groups in total. The van der Waals surface area contributed by atoms with Crippen LogP contribution in [-0.2, 0) is 9.59 Å². The number of para-hydroxylation sites is 1. The first kappa shape index (κ1) is 22.7. The quantitative estimate of drug-likeness (QED) is 0.538. The number of hydrogen-bond acceptors (Lipinski definition) is 5. The minimum absolute atomic E-state index is 0.0574. The van der Waals surface area contributed by atoms with E-state index in [1.165, 1.54) is 0 Å². The molecule has 0 saturated carbocycles. The number of anilines is 1. The molecule has 1 aliphatic carbocycles. The summed E-state index contributed by atoms with van der Waals surface area (Å²) in [5.41, 5.74) is 5.17. The zero-order valence-corrected chi connectivity index (χ0v) is 21.3. The third kappa shape index (κ3) is 3.92. The Bertz CT molecular complexity index is 1290. The number of ether oxygens (including phenoxy) is 2. The standard InChI is InChI=1S/C27H27BrN2O4/c1-14-7-5-6-8-18(14)30-26(32)23-15(2)29-19-11-27(3,4)12-20(31)25(19)24(23)16-9-21-22(10-17(16)28)34-13-33-21/h5-10,24,29H,11-13H2,1-4H3,(H,30,32)/t24-/m0/s1. The maximum absolute atomic E-state index is 13.8. The van der Waals surface area contributed by atoms with E-state index in [0.717, 1.165) is 39.1 Å². The fourth-order valence-electron chi connectivity index (χ4n) is 5.11. The first-order valence-corrected chi connectivity index (χ1v) is 12.1. The van der Waals surface area contributed by atoms with Gasteiger partial charge in [-0.15, -0.1) is 0 Å². The van der Waals surface area contributed by atoms with Gasteiger partial charge in [0.15, 0.2) is 17.3 Å². The van der Waals surface area contributed by atoms with E-state index in [9.17, 15) is 9.59 Å². The average Bonchev–Trinajstić information content (AvgIpc) is 3.20. The van der Waals surface area contributed by atoms with Crippen molar-refractivity contribution in [2.75, 3.05) is 12.1 Å². The molecular weight excluding hydrogens is 496 g/mol. The number of nitrogens with one attached hydrogen (secondary N) is 2. The highest BCUT2D eigenvalue weighted by molar-refractivity contribution is 9.10. The van der Waals surface area contributed by atoms with Crippen molar-refractivity contribution in [2.24, 2.45) is 5.41 Å². The highest BCUT2D eigenvalue weighted by atomic mass is 79.9. The number of hydrogen-bond donors (Lipinski definition) is 2. The Morgan fingerprint density at radius 2 is 1.82 bits per heavy atom. The summed E-state index contributed by atoms with van der Waals surface area (Å²) in [6.45, 7) is 8.20. The van der Waals surface area contributed by atoms with Crippen LogP contribution in [0.2, 0.25) is 0 Å². The minimum atomic E-state index is -0.534. The molecule has 2 aromatic rings. The van der Waals surface area contributed by atoms with Crippen molar-refractivity contribution >= 4 is 33.3 Å². The van der Waals surface area contributed by atoms with E-state index in [0.29, 0.717) is 29.1 Å². The molecule has 3 aliphatic rings. The summed E-state index contributed by atoms with van der Waals surface area (Å²) in [5, 5.41) is 6.48. The van der Waals surface area contributed by atoms with Crippen LogP contribution in [-0.4, -0.2) is 18.5 Å². The van der Waals surface area contributed by atoms with Crippen LogP contribution >= 0.6 is 15.9 Å². The number of allylic oxidation sites excluding steroid dienone is 3. The van der Waals surface area contributed by atoms with Crippen molar-refractivity contribution in [3.8, 4) is 11.5 Å². The third-order valence-electron chi connectivity index (χ3n) is 6.68.